The molecule has 29 heavy (non-hydrogen) atoms. The Morgan fingerprint density at radius 1 is 1.24 bits per heavy atom. The van der Waals surface area contributed by atoms with E-state index in [2.05, 4.69) is 21.6 Å². The summed E-state index contributed by atoms with van der Waals surface area (Å²) in [6.07, 6.45) is 2.32. The predicted molar refractivity (Wildman–Crippen MR) is 111 cm³/mol. The van der Waals surface area contributed by atoms with E-state index in [0.717, 1.165) is 25.9 Å². The van der Waals surface area contributed by atoms with Crippen LogP contribution in [0.25, 0.3) is 0 Å². The van der Waals surface area contributed by atoms with Gasteiger partial charge in [0, 0.05) is 29.1 Å². The molecular formula is C20H24N4O4S. The summed E-state index contributed by atoms with van der Waals surface area (Å²) in [5.41, 5.74) is -0.0217. The molecule has 1 fully saturated rings. The van der Waals surface area contributed by atoms with E-state index in [1.54, 1.807) is 18.3 Å². The molecule has 1 aliphatic rings. The third-order valence-electron chi connectivity index (χ3n) is 4.98. The first-order valence-corrected chi connectivity index (χ1v) is 10.4. The first-order chi connectivity index (χ1) is 14.0. The number of non-ortho nitro benzene ring substituents is 1. The Labute approximate surface area is 173 Å². The number of amides is 2. The van der Waals surface area contributed by atoms with Crippen molar-refractivity contribution in [3.8, 4) is 0 Å². The first kappa shape index (κ1) is 20.9. The van der Waals surface area contributed by atoms with E-state index in [1.807, 2.05) is 11.4 Å². The number of rotatable bonds is 8. The molecule has 1 aromatic heterocycles. The molecule has 2 heterocycles. The topological polar surface area (TPSA) is 105 Å². The summed E-state index contributed by atoms with van der Waals surface area (Å²) in [5, 5.41) is 18.4. The molecule has 0 radical (unpaired) electrons. The van der Waals surface area contributed by atoms with Crippen molar-refractivity contribution in [1.29, 1.82) is 0 Å². The van der Waals surface area contributed by atoms with Crippen LogP contribution in [-0.2, 0) is 4.79 Å². The van der Waals surface area contributed by atoms with Crippen LogP contribution in [0.15, 0.2) is 41.8 Å². The van der Waals surface area contributed by atoms with Crippen molar-refractivity contribution < 1.29 is 14.5 Å². The summed E-state index contributed by atoms with van der Waals surface area (Å²) in [5.74, 6) is -0.810. The Hall–Kier alpha value is -2.78. The molecule has 2 atom stereocenters. The highest BCUT2D eigenvalue weighted by Gasteiger charge is 2.26. The minimum absolute atomic E-state index is 0.126. The van der Waals surface area contributed by atoms with Crippen molar-refractivity contribution in [1.82, 2.24) is 15.5 Å². The van der Waals surface area contributed by atoms with E-state index in [9.17, 15) is 19.7 Å². The highest BCUT2D eigenvalue weighted by molar-refractivity contribution is 7.10. The van der Waals surface area contributed by atoms with Gasteiger partial charge in [-0.05, 0) is 50.4 Å². The zero-order chi connectivity index (χ0) is 20.8. The fourth-order valence-electron chi connectivity index (χ4n) is 3.40. The highest BCUT2D eigenvalue weighted by atomic mass is 32.1. The first-order valence-electron chi connectivity index (χ1n) is 9.56. The number of hydrogen-bond donors (Lipinski definition) is 2. The van der Waals surface area contributed by atoms with E-state index in [4.69, 9.17) is 0 Å². The highest BCUT2D eigenvalue weighted by Crippen LogP contribution is 2.27. The molecule has 2 amide bonds. The standard InChI is InChI=1S/C20H24N4O4S/c1-14(22-20(26)15-6-4-7-16(12-15)24(27)28)19(25)21-13-17(18-8-5-11-29-18)23-9-2-3-10-23/h4-8,11-12,14,17H,2-3,9-10,13H2,1H3,(H,21,25)(H,22,26). The molecular weight excluding hydrogens is 392 g/mol. The van der Waals surface area contributed by atoms with Gasteiger partial charge in [0.25, 0.3) is 11.6 Å². The van der Waals surface area contributed by atoms with Crippen LogP contribution in [0.4, 0.5) is 5.69 Å². The number of carbonyl (C=O) groups is 2. The van der Waals surface area contributed by atoms with Crippen LogP contribution in [-0.4, -0.2) is 47.3 Å². The predicted octanol–water partition coefficient (Wildman–Crippen LogP) is 2.73. The summed E-state index contributed by atoms with van der Waals surface area (Å²) in [7, 11) is 0. The molecule has 8 nitrogen and oxygen atoms in total. The number of thiophene rings is 1. The molecule has 2 unspecified atom stereocenters. The maximum atomic E-state index is 12.5. The monoisotopic (exact) mass is 416 g/mol. The second-order valence-corrected chi connectivity index (χ2v) is 8.00. The molecule has 154 valence electrons. The van der Waals surface area contributed by atoms with Gasteiger partial charge in [-0.3, -0.25) is 24.6 Å². The van der Waals surface area contributed by atoms with Gasteiger partial charge in [0.1, 0.15) is 6.04 Å². The Kier molecular flexibility index (Phi) is 6.95. The van der Waals surface area contributed by atoms with E-state index in [-0.39, 0.29) is 23.2 Å². The molecule has 1 aromatic carbocycles. The van der Waals surface area contributed by atoms with Crippen molar-refractivity contribution in [3.63, 3.8) is 0 Å². The Bertz CT molecular complexity index is 865. The van der Waals surface area contributed by atoms with Gasteiger partial charge in [0.05, 0.1) is 11.0 Å². The van der Waals surface area contributed by atoms with Gasteiger partial charge < -0.3 is 10.6 Å². The number of likely N-dealkylation sites (tertiary alicyclic amines) is 1. The SMILES string of the molecule is CC(NC(=O)c1cccc([N+](=O)[O-])c1)C(=O)NCC(c1cccs1)N1CCCC1. The zero-order valence-corrected chi connectivity index (χ0v) is 17.0. The Morgan fingerprint density at radius 3 is 2.66 bits per heavy atom. The fourth-order valence-corrected chi connectivity index (χ4v) is 4.26. The molecule has 3 rings (SSSR count). The molecule has 0 bridgehead atoms. The third kappa shape index (κ3) is 5.39. The second kappa shape index (κ2) is 9.62. The molecule has 0 spiro atoms. The van der Waals surface area contributed by atoms with Crippen LogP contribution in [0.5, 0.6) is 0 Å². The van der Waals surface area contributed by atoms with Gasteiger partial charge in [0.2, 0.25) is 5.91 Å². The lowest BCUT2D eigenvalue weighted by molar-refractivity contribution is -0.384. The molecule has 1 aliphatic heterocycles. The second-order valence-electron chi connectivity index (χ2n) is 7.02. The maximum absolute atomic E-state index is 12.5. The number of nitro groups is 1. The molecule has 0 aliphatic carbocycles. The van der Waals surface area contributed by atoms with Crippen LogP contribution in [0.1, 0.15) is 41.0 Å². The largest absolute Gasteiger partial charge is 0.352 e. The maximum Gasteiger partial charge on any atom is 0.270 e. The average Bonchev–Trinajstić information content (AvgIpc) is 3.42. The van der Waals surface area contributed by atoms with E-state index in [0.29, 0.717) is 6.54 Å². The summed E-state index contributed by atoms with van der Waals surface area (Å²) < 4.78 is 0. The van der Waals surface area contributed by atoms with Crippen LogP contribution in [0.3, 0.4) is 0 Å². The van der Waals surface area contributed by atoms with Crippen molar-refractivity contribution in [2.45, 2.75) is 31.8 Å². The quantitative estimate of drug-likeness (QED) is 0.509. The molecule has 1 saturated heterocycles. The van der Waals surface area contributed by atoms with Crippen molar-refractivity contribution in [2.24, 2.45) is 0 Å². The number of nitrogens with one attached hydrogen (secondary N) is 2. The smallest absolute Gasteiger partial charge is 0.270 e. The molecule has 2 N–H and O–H groups in total. The number of hydrogen-bond acceptors (Lipinski definition) is 6. The van der Waals surface area contributed by atoms with E-state index >= 15 is 0 Å². The van der Waals surface area contributed by atoms with Crippen molar-refractivity contribution in [3.05, 3.63) is 62.3 Å². The van der Waals surface area contributed by atoms with Gasteiger partial charge in [0.15, 0.2) is 0 Å². The van der Waals surface area contributed by atoms with Crippen LogP contribution in [0.2, 0.25) is 0 Å². The third-order valence-corrected chi connectivity index (χ3v) is 5.96. The summed E-state index contributed by atoms with van der Waals surface area (Å²) in [4.78, 5) is 38.8. The lowest BCUT2D eigenvalue weighted by Crippen LogP contribution is -2.47. The van der Waals surface area contributed by atoms with Gasteiger partial charge >= 0.3 is 0 Å². The summed E-state index contributed by atoms with van der Waals surface area (Å²) in [6, 6.07) is 8.88. The minimum Gasteiger partial charge on any atom is -0.352 e. The Morgan fingerprint density at radius 2 is 2.00 bits per heavy atom. The zero-order valence-electron chi connectivity index (χ0n) is 16.2. The van der Waals surface area contributed by atoms with E-state index < -0.39 is 16.9 Å². The number of benzene rings is 1. The van der Waals surface area contributed by atoms with Gasteiger partial charge in [-0.2, -0.15) is 0 Å². The summed E-state index contributed by atoms with van der Waals surface area (Å²) in [6.45, 7) is 4.09. The number of nitro benzene ring substituents is 1. The fraction of sp³-hybridized carbons (Fsp3) is 0.400. The molecule has 0 saturated carbocycles. The molecule has 2 aromatic rings. The normalized spacial score (nSPS) is 16.2. The van der Waals surface area contributed by atoms with Crippen LogP contribution in [0, 0.1) is 10.1 Å². The van der Waals surface area contributed by atoms with Crippen molar-refractivity contribution >= 4 is 28.8 Å². The van der Waals surface area contributed by atoms with Crippen LogP contribution >= 0.6 is 11.3 Å². The van der Waals surface area contributed by atoms with Gasteiger partial charge in [-0.25, -0.2) is 0 Å². The Balaban J connectivity index is 1.57. The minimum atomic E-state index is -0.760. The average molecular weight is 417 g/mol. The summed E-state index contributed by atoms with van der Waals surface area (Å²) >= 11 is 1.67. The van der Waals surface area contributed by atoms with Gasteiger partial charge in [-0.1, -0.05) is 12.1 Å². The lowest BCUT2D eigenvalue weighted by atomic mass is 10.1. The van der Waals surface area contributed by atoms with E-state index in [1.165, 1.54) is 29.1 Å². The number of carbonyl (C=O) groups excluding carboxylic acids is 2. The van der Waals surface area contributed by atoms with Crippen LogP contribution < -0.4 is 10.6 Å². The molecule has 9 heteroatoms. The lowest BCUT2D eigenvalue weighted by Gasteiger charge is -2.27. The van der Waals surface area contributed by atoms with Gasteiger partial charge in [-0.15, -0.1) is 11.3 Å². The van der Waals surface area contributed by atoms with Crippen molar-refractivity contribution in [2.75, 3.05) is 19.6 Å². The number of nitrogens with zero attached hydrogens (tertiary/aromatic N) is 2.